The van der Waals surface area contributed by atoms with E-state index in [0.717, 1.165) is 81.5 Å². The van der Waals surface area contributed by atoms with E-state index in [9.17, 15) is 0 Å². The number of aromatic nitrogens is 1. The SMILES string of the molecule is CCNC(=NCc1c(CC)noc1CC)NCCCCN1CCN(c2ccccc2)CC1. The molecular weight excluding hydrogens is 400 g/mol. The summed E-state index contributed by atoms with van der Waals surface area (Å²) in [6.07, 6.45) is 4.06. The Labute approximate surface area is 193 Å². The molecule has 2 N–H and O–H groups in total. The van der Waals surface area contributed by atoms with Crippen molar-refractivity contribution in [1.82, 2.24) is 20.7 Å². The van der Waals surface area contributed by atoms with Crippen LogP contribution >= 0.6 is 0 Å². The third kappa shape index (κ3) is 6.99. The van der Waals surface area contributed by atoms with Gasteiger partial charge in [-0.15, -0.1) is 0 Å². The van der Waals surface area contributed by atoms with Gasteiger partial charge in [-0.25, -0.2) is 4.99 Å². The molecule has 7 heteroatoms. The molecule has 1 fully saturated rings. The molecule has 1 aromatic heterocycles. The fourth-order valence-electron chi connectivity index (χ4n) is 4.15. The fourth-order valence-corrected chi connectivity index (χ4v) is 4.15. The summed E-state index contributed by atoms with van der Waals surface area (Å²) in [5.41, 5.74) is 3.51. The Balaban J connectivity index is 1.36. The summed E-state index contributed by atoms with van der Waals surface area (Å²) in [6, 6.07) is 10.7. The van der Waals surface area contributed by atoms with Gasteiger partial charge in [-0.05, 0) is 44.9 Å². The van der Waals surface area contributed by atoms with Crippen molar-refractivity contribution in [1.29, 1.82) is 0 Å². The minimum Gasteiger partial charge on any atom is -0.369 e. The van der Waals surface area contributed by atoms with Crippen LogP contribution in [-0.2, 0) is 19.4 Å². The van der Waals surface area contributed by atoms with Crippen molar-refractivity contribution >= 4 is 11.6 Å². The zero-order valence-corrected chi connectivity index (χ0v) is 20.1. The third-order valence-corrected chi connectivity index (χ3v) is 6.03. The lowest BCUT2D eigenvalue weighted by Gasteiger charge is -2.36. The molecular formula is C25H40N6O. The van der Waals surface area contributed by atoms with Crippen molar-refractivity contribution in [2.75, 3.05) is 50.7 Å². The Bertz CT molecular complexity index is 790. The second kappa shape index (κ2) is 13.1. The Morgan fingerprint density at radius 1 is 1.00 bits per heavy atom. The fraction of sp³-hybridized carbons (Fsp3) is 0.600. The van der Waals surface area contributed by atoms with Crippen LogP contribution in [0.15, 0.2) is 39.8 Å². The van der Waals surface area contributed by atoms with Crippen LogP contribution in [-0.4, -0.2) is 61.8 Å². The van der Waals surface area contributed by atoms with Crippen molar-refractivity contribution < 1.29 is 4.52 Å². The van der Waals surface area contributed by atoms with Gasteiger partial charge in [-0.1, -0.05) is 37.2 Å². The largest absolute Gasteiger partial charge is 0.369 e. The molecule has 176 valence electrons. The second-order valence-electron chi connectivity index (χ2n) is 8.23. The molecule has 1 aliphatic heterocycles. The number of unbranched alkanes of at least 4 members (excludes halogenated alkanes) is 1. The van der Waals surface area contributed by atoms with Crippen molar-refractivity contribution in [2.45, 2.75) is 53.0 Å². The number of hydrogen-bond donors (Lipinski definition) is 2. The van der Waals surface area contributed by atoms with E-state index >= 15 is 0 Å². The van der Waals surface area contributed by atoms with Gasteiger partial charge in [0.05, 0.1) is 12.2 Å². The number of guanidine groups is 1. The van der Waals surface area contributed by atoms with Crippen LogP contribution in [0.2, 0.25) is 0 Å². The minimum atomic E-state index is 0.608. The van der Waals surface area contributed by atoms with Gasteiger partial charge < -0.3 is 20.1 Å². The van der Waals surface area contributed by atoms with Crippen molar-refractivity contribution in [3.05, 3.63) is 47.3 Å². The molecule has 1 saturated heterocycles. The van der Waals surface area contributed by atoms with Gasteiger partial charge in [0.1, 0.15) is 5.76 Å². The molecule has 0 unspecified atom stereocenters. The van der Waals surface area contributed by atoms with Crippen LogP contribution < -0.4 is 15.5 Å². The summed E-state index contributed by atoms with van der Waals surface area (Å²) in [7, 11) is 0. The van der Waals surface area contributed by atoms with Gasteiger partial charge >= 0.3 is 0 Å². The van der Waals surface area contributed by atoms with Gasteiger partial charge in [0, 0.05) is 56.9 Å². The van der Waals surface area contributed by atoms with Crippen LogP contribution in [0, 0.1) is 0 Å². The molecule has 32 heavy (non-hydrogen) atoms. The zero-order chi connectivity index (χ0) is 22.6. The normalized spacial score (nSPS) is 15.2. The molecule has 0 amide bonds. The van der Waals surface area contributed by atoms with Crippen LogP contribution in [0.5, 0.6) is 0 Å². The number of benzene rings is 1. The number of aliphatic imine (C=N–C) groups is 1. The Hall–Kier alpha value is -2.54. The molecule has 0 atom stereocenters. The highest BCUT2D eigenvalue weighted by Crippen LogP contribution is 2.17. The first-order valence-electron chi connectivity index (χ1n) is 12.3. The molecule has 0 radical (unpaired) electrons. The van der Waals surface area contributed by atoms with Gasteiger partial charge in [0.25, 0.3) is 0 Å². The van der Waals surface area contributed by atoms with Crippen LogP contribution in [0.1, 0.15) is 50.6 Å². The minimum absolute atomic E-state index is 0.608. The van der Waals surface area contributed by atoms with E-state index in [1.165, 1.54) is 18.7 Å². The predicted octanol–water partition coefficient (Wildman–Crippen LogP) is 3.46. The molecule has 3 rings (SSSR count). The monoisotopic (exact) mass is 440 g/mol. The average Bonchev–Trinajstić information content (AvgIpc) is 3.25. The second-order valence-corrected chi connectivity index (χ2v) is 8.23. The van der Waals surface area contributed by atoms with E-state index < -0.39 is 0 Å². The lowest BCUT2D eigenvalue weighted by Crippen LogP contribution is -2.46. The van der Waals surface area contributed by atoms with E-state index in [2.05, 4.69) is 76.7 Å². The highest BCUT2D eigenvalue weighted by atomic mass is 16.5. The number of para-hydroxylation sites is 1. The summed E-state index contributed by atoms with van der Waals surface area (Å²) >= 11 is 0. The maximum Gasteiger partial charge on any atom is 0.191 e. The molecule has 7 nitrogen and oxygen atoms in total. The molecule has 2 aromatic rings. The first kappa shape index (κ1) is 24.1. The molecule has 0 spiro atoms. The molecule has 0 saturated carbocycles. The number of rotatable bonds is 11. The first-order valence-corrected chi connectivity index (χ1v) is 12.3. The maximum atomic E-state index is 5.46. The number of anilines is 1. The lowest BCUT2D eigenvalue weighted by atomic mass is 10.1. The number of nitrogens with one attached hydrogen (secondary N) is 2. The number of nitrogens with zero attached hydrogens (tertiary/aromatic N) is 4. The van der Waals surface area contributed by atoms with Crippen molar-refractivity contribution in [2.24, 2.45) is 4.99 Å². The van der Waals surface area contributed by atoms with Crippen molar-refractivity contribution in [3.8, 4) is 0 Å². The van der Waals surface area contributed by atoms with E-state index in [1.54, 1.807) is 0 Å². The maximum absolute atomic E-state index is 5.46. The lowest BCUT2D eigenvalue weighted by molar-refractivity contribution is 0.253. The molecule has 0 aliphatic carbocycles. The summed E-state index contributed by atoms with van der Waals surface area (Å²) in [4.78, 5) is 9.85. The van der Waals surface area contributed by atoms with Gasteiger partial charge in [-0.2, -0.15) is 0 Å². The van der Waals surface area contributed by atoms with Gasteiger partial charge in [0.15, 0.2) is 5.96 Å². The van der Waals surface area contributed by atoms with Crippen molar-refractivity contribution in [3.63, 3.8) is 0 Å². The molecule has 1 aromatic carbocycles. The Kier molecular flexibility index (Phi) is 9.88. The average molecular weight is 441 g/mol. The number of hydrogen-bond acceptors (Lipinski definition) is 5. The summed E-state index contributed by atoms with van der Waals surface area (Å²) in [6.45, 7) is 14.4. The molecule has 0 bridgehead atoms. The van der Waals surface area contributed by atoms with E-state index in [0.29, 0.717) is 6.54 Å². The third-order valence-electron chi connectivity index (χ3n) is 6.03. The standard InChI is InChI=1S/C25H40N6O/c1-4-23-22(24(5-2)32-29-23)20-28-25(26-6-3)27-14-10-11-15-30-16-18-31(19-17-30)21-12-8-7-9-13-21/h7-9,12-13H,4-6,10-11,14-20H2,1-3H3,(H2,26,27,28). The summed E-state index contributed by atoms with van der Waals surface area (Å²) < 4.78 is 5.46. The molecule has 2 heterocycles. The highest BCUT2D eigenvalue weighted by molar-refractivity contribution is 5.79. The van der Waals surface area contributed by atoms with Gasteiger partial charge in [-0.3, -0.25) is 4.90 Å². The van der Waals surface area contributed by atoms with E-state index in [1.807, 2.05) is 0 Å². The van der Waals surface area contributed by atoms with Crippen LogP contribution in [0.3, 0.4) is 0 Å². The summed E-state index contributed by atoms with van der Waals surface area (Å²) in [5.74, 6) is 1.82. The van der Waals surface area contributed by atoms with Gasteiger partial charge in [0.2, 0.25) is 0 Å². The Morgan fingerprint density at radius 3 is 2.47 bits per heavy atom. The molecule has 1 aliphatic rings. The Morgan fingerprint density at radius 2 is 1.78 bits per heavy atom. The highest BCUT2D eigenvalue weighted by Gasteiger charge is 2.16. The number of aryl methyl sites for hydroxylation is 2. The predicted molar refractivity (Wildman–Crippen MR) is 132 cm³/mol. The smallest absolute Gasteiger partial charge is 0.191 e. The topological polar surface area (TPSA) is 68.9 Å². The number of piperazine rings is 1. The van der Waals surface area contributed by atoms with Crippen LogP contribution in [0.4, 0.5) is 5.69 Å². The quantitative estimate of drug-likeness (QED) is 0.317. The zero-order valence-electron chi connectivity index (χ0n) is 20.1. The van der Waals surface area contributed by atoms with Crippen LogP contribution in [0.25, 0.3) is 0 Å². The van der Waals surface area contributed by atoms with E-state index in [-0.39, 0.29) is 0 Å². The first-order chi connectivity index (χ1) is 15.7. The summed E-state index contributed by atoms with van der Waals surface area (Å²) in [5, 5.41) is 11.0. The van der Waals surface area contributed by atoms with E-state index in [4.69, 9.17) is 9.52 Å².